The number of carbonyl (C=O) groups is 1. The standard InChI is InChI=1S/C10H19NO2/c1-3-4-6-9(2)11-7-5-8-13-10(11)12/h9H,3-8H2,1-2H3. The zero-order chi connectivity index (χ0) is 9.68. The third kappa shape index (κ3) is 2.90. The highest BCUT2D eigenvalue weighted by Crippen LogP contribution is 2.13. The molecule has 1 heterocycles. The van der Waals surface area contributed by atoms with Crippen LogP contribution in [0.5, 0.6) is 0 Å². The van der Waals surface area contributed by atoms with Crippen LogP contribution in [0.2, 0.25) is 0 Å². The van der Waals surface area contributed by atoms with Gasteiger partial charge in [0.15, 0.2) is 0 Å². The largest absolute Gasteiger partial charge is 0.449 e. The van der Waals surface area contributed by atoms with Crippen LogP contribution in [0.15, 0.2) is 0 Å². The molecule has 0 aromatic carbocycles. The Bertz CT molecular complexity index is 170. The summed E-state index contributed by atoms with van der Waals surface area (Å²) in [5.74, 6) is 0. The molecule has 1 aliphatic heterocycles. The maximum absolute atomic E-state index is 11.3. The molecule has 3 nitrogen and oxygen atoms in total. The molecule has 3 heteroatoms. The lowest BCUT2D eigenvalue weighted by atomic mass is 10.1. The average Bonchev–Trinajstić information content (AvgIpc) is 2.15. The zero-order valence-electron chi connectivity index (χ0n) is 8.58. The maximum atomic E-state index is 11.3. The van der Waals surface area contributed by atoms with Crippen LogP contribution in [0.25, 0.3) is 0 Å². The van der Waals surface area contributed by atoms with Gasteiger partial charge in [-0.15, -0.1) is 0 Å². The van der Waals surface area contributed by atoms with E-state index in [0.717, 1.165) is 19.4 Å². The number of cyclic esters (lactones) is 1. The first kappa shape index (κ1) is 10.4. The summed E-state index contributed by atoms with van der Waals surface area (Å²) < 4.78 is 4.98. The van der Waals surface area contributed by atoms with Crippen molar-refractivity contribution in [1.29, 1.82) is 0 Å². The Morgan fingerprint density at radius 2 is 2.38 bits per heavy atom. The van der Waals surface area contributed by atoms with Gasteiger partial charge in [-0.25, -0.2) is 4.79 Å². The average molecular weight is 185 g/mol. The number of unbranched alkanes of at least 4 members (excludes halogenated alkanes) is 1. The summed E-state index contributed by atoms with van der Waals surface area (Å²) >= 11 is 0. The monoisotopic (exact) mass is 185 g/mol. The van der Waals surface area contributed by atoms with Gasteiger partial charge in [0, 0.05) is 12.6 Å². The third-order valence-electron chi connectivity index (χ3n) is 2.51. The Balaban J connectivity index is 2.34. The van der Waals surface area contributed by atoms with Crippen molar-refractivity contribution >= 4 is 6.09 Å². The molecule has 1 aliphatic rings. The van der Waals surface area contributed by atoms with E-state index in [1.165, 1.54) is 12.8 Å². The lowest BCUT2D eigenvalue weighted by molar-refractivity contribution is 0.0563. The van der Waals surface area contributed by atoms with Crippen molar-refractivity contribution in [3.05, 3.63) is 0 Å². The Labute approximate surface area is 80.1 Å². The summed E-state index contributed by atoms with van der Waals surface area (Å²) in [4.78, 5) is 13.1. The molecule has 1 rings (SSSR count). The maximum Gasteiger partial charge on any atom is 0.409 e. The topological polar surface area (TPSA) is 29.5 Å². The van der Waals surface area contributed by atoms with E-state index in [0.29, 0.717) is 12.6 Å². The van der Waals surface area contributed by atoms with E-state index in [1.54, 1.807) is 0 Å². The quantitative estimate of drug-likeness (QED) is 0.673. The van der Waals surface area contributed by atoms with Crippen molar-refractivity contribution in [1.82, 2.24) is 4.90 Å². The van der Waals surface area contributed by atoms with Crippen LogP contribution in [-0.2, 0) is 4.74 Å². The van der Waals surface area contributed by atoms with Gasteiger partial charge < -0.3 is 9.64 Å². The van der Waals surface area contributed by atoms with Crippen LogP contribution in [0.3, 0.4) is 0 Å². The number of nitrogens with zero attached hydrogens (tertiary/aromatic N) is 1. The van der Waals surface area contributed by atoms with Crippen molar-refractivity contribution in [2.24, 2.45) is 0 Å². The third-order valence-corrected chi connectivity index (χ3v) is 2.51. The summed E-state index contributed by atoms with van der Waals surface area (Å²) in [5.41, 5.74) is 0. The van der Waals surface area contributed by atoms with Crippen molar-refractivity contribution in [2.45, 2.75) is 45.6 Å². The van der Waals surface area contributed by atoms with E-state index in [-0.39, 0.29) is 6.09 Å². The molecular formula is C10H19NO2. The molecule has 0 saturated carbocycles. The number of hydrogen-bond acceptors (Lipinski definition) is 2. The zero-order valence-corrected chi connectivity index (χ0v) is 8.58. The van der Waals surface area contributed by atoms with Gasteiger partial charge in [0.1, 0.15) is 0 Å². The van der Waals surface area contributed by atoms with Crippen molar-refractivity contribution in [3.63, 3.8) is 0 Å². The first-order valence-corrected chi connectivity index (χ1v) is 5.19. The highest BCUT2D eigenvalue weighted by molar-refractivity contribution is 5.68. The van der Waals surface area contributed by atoms with Gasteiger partial charge in [-0.2, -0.15) is 0 Å². The molecule has 0 spiro atoms. The molecule has 0 bridgehead atoms. The second-order valence-corrected chi connectivity index (χ2v) is 3.65. The molecule has 13 heavy (non-hydrogen) atoms. The number of hydrogen-bond donors (Lipinski definition) is 0. The summed E-state index contributed by atoms with van der Waals surface area (Å²) in [6.45, 7) is 5.73. The Hall–Kier alpha value is -0.730. The normalized spacial score (nSPS) is 19.8. The van der Waals surface area contributed by atoms with Crippen LogP contribution in [0.4, 0.5) is 4.79 Å². The highest BCUT2D eigenvalue weighted by Gasteiger charge is 2.23. The van der Waals surface area contributed by atoms with Gasteiger partial charge in [0.2, 0.25) is 0 Å². The molecule has 1 saturated heterocycles. The van der Waals surface area contributed by atoms with Gasteiger partial charge in [-0.1, -0.05) is 19.8 Å². The van der Waals surface area contributed by atoms with E-state index in [2.05, 4.69) is 13.8 Å². The summed E-state index contributed by atoms with van der Waals surface area (Å²) in [6, 6.07) is 0.341. The fourth-order valence-corrected chi connectivity index (χ4v) is 1.62. The molecule has 1 amide bonds. The number of ether oxygens (including phenoxy) is 1. The molecule has 0 N–H and O–H groups in total. The van der Waals surface area contributed by atoms with Crippen LogP contribution in [-0.4, -0.2) is 30.2 Å². The first-order valence-electron chi connectivity index (χ1n) is 5.19. The van der Waals surface area contributed by atoms with Crippen LogP contribution in [0.1, 0.15) is 39.5 Å². The predicted molar refractivity (Wildman–Crippen MR) is 51.7 cm³/mol. The molecule has 0 aromatic heterocycles. The van der Waals surface area contributed by atoms with Crippen LogP contribution in [0, 0.1) is 0 Å². The van der Waals surface area contributed by atoms with Crippen molar-refractivity contribution in [3.8, 4) is 0 Å². The van der Waals surface area contributed by atoms with Crippen molar-refractivity contribution < 1.29 is 9.53 Å². The minimum absolute atomic E-state index is 0.130. The lowest BCUT2D eigenvalue weighted by Crippen LogP contribution is -2.43. The SMILES string of the molecule is CCCCC(C)N1CCCOC1=O. The number of amides is 1. The molecule has 0 aliphatic carbocycles. The van der Waals surface area contributed by atoms with E-state index < -0.39 is 0 Å². The fourth-order valence-electron chi connectivity index (χ4n) is 1.62. The van der Waals surface area contributed by atoms with Crippen LogP contribution < -0.4 is 0 Å². The smallest absolute Gasteiger partial charge is 0.409 e. The molecule has 0 radical (unpaired) electrons. The number of carbonyl (C=O) groups excluding carboxylic acids is 1. The van der Waals surface area contributed by atoms with Gasteiger partial charge in [0.05, 0.1) is 6.61 Å². The van der Waals surface area contributed by atoms with E-state index in [9.17, 15) is 4.79 Å². The predicted octanol–water partition coefficient (Wildman–Crippen LogP) is 2.41. The van der Waals surface area contributed by atoms with E-state index in [1.807, 2.05) is 4.90 Å². The second kappa shape index (κ2) is 5.10. The van der Waals surface area contributed by atoms with Gasteiger partial charge >= 0.3 is 6.09 Å². The molecule has 1 atom stereocenters. The lowest BCUT2D eigenvalue weighted by Gasteiger charge is -2.31. The van der Waals surface area contributed by atoms with E-state index >= 15 is 0 Å². The Morgan fingerprint density at radius 1 is 1.62 bits per heavy atom. The molecule has 76 valence electrons. The summed E-state index contributed by atoms with van der Waals surface area (Å²) in [7, 11) is 0. The van der Waals surface area contributed by atoms with E-state index in [4.69, 9.17) is 4.74 Å². The minimum atomic E-state index is -0.130. The molecule has 1 fully saturated rings. The summed E-state index contributed by atoms with van der Waals surface area (Å²) in [5, 5.41) is 0. The van der Waals surface area contributed by atoms with Gasteiger partial charge in [0.25, 0.3) is 0 Å². The fraction of sp³-hybridized carbons (Fsp3) is 0.900. The summed E-state index contributed by atoms with van der Waals surface area (Å²) in [6.07, 6.45) is 4.31. The first-order chi connectivity index (χ1) is 6.25. The van der Waals surface area contributed by atoms with Crippen molar-refractivity contribution in [2.75, 3.05) is 13.2 Å². The molecule has 0 aromatic rings. The van der Waals surface area contributed by atoms with Gasteiger partial charge in [-0.05, 0) is 19.8 Å². The molecular weight excluding hydrogens is 166 g/mol. The Morgan fingerprint density at radius 3 is 3.00 bits per heavy atom. The number of rotatable bonds is 4. The van der Waals surface area contributed by atoms with Gasteiger partial charge in [-0.3, -0.25) is 0 Å². The minimum Gasteiger partial charge on any atom is -0.449 e. The van der Waals surface area contributed by atoms with Crippen LogP contribution >= 0.6 is 0 Å². The molecule has 1 unspecified atom stereocenters. The Kier molecular flexibility index (Phi) is 4.06. The highest BCUT2D eigenvalue weighted by atomic mass is 16.6. The second-order valence-electron chi connectivity index (χ2n) is 3.65.